The van der Waals surface area contributed by atoms with Crippen LogP contribution in [0.15, 0.2) is 53.1 Å². The molecular formula is C17H9BrCl3N3O. The molecule has 0 atom stereocenters. The standard InChI is InChI=1S/C17H9BrCl3N3O/c18-10-6-12(20)16(22-8-10)24-17(25)14-11(19)7-13(23-15(14)21)9-4-2-1-3-5-9/h1-8H,(H,22,24,25). The predicted molar refractivity (Wildman–Crippen MR) is 105 cm³/mol. The average Bonchev–Trinajstić information content (AvgIpc) is 2.57. The van der Waals surface area contributed by atoms with Gasteiger partial charge in [-0.1, -0.05) is 65.1 Å². The Hall–Kier alpha value is -1.66. The number of carbonyl (C=O) groups is 1. The van der Waals surface area contributed by atoms with Gasteiger partial charge in [0.05, 0.1) is 21.3 Å². The fourth-order valence-electron chi connectivity index (χ4n) is 2.12. The van der Waals surface area contributed by atoms with E-state index >= 15 is 0 Å². The Bertz CT molecular complexity index is 928. The third-order valence-electron chi connectivity index (χ3n) is 3.26. The van der Waals surface area contributed by atoms with Crippen molar-refractivity contribution in [2.24, 2.45) is 0 Å². The molecule has 0 spiro atoms. The minimum Gasteiger partial charge on any atom is -0.305 e. The topological polar surface area (TPSA) is 54.9 Å². The van der Waals surface area contributed by atoms with E-state index in [0.29, 0.717) is 10.2 Å². The molecule has 0 saturated heterocycles. The molecule has 2 aromatic heterocycles. The Morgan fingerprint density at radius 1 is 1.04 bits per heavy atom. The molecule has 4 nitrogen and oxygen atoms in total. The van der Waals surface area contributed by atoms with Gasteiger partial charge in [-0.3, -0.25) is 4.79 Å². The molecule has 2 heterocycles. The van der Waals surface area contributed by atoms with Gasteiger partial charge in [-0.25, -0.2) is 9.97 Å². The molecule has 0 aliphatic carbocycles. The minimum atomic E-state index is -0.543. The van der Waals surface area contributed by atoms with Crippen LogP contribution in [0.2, 0.25) is 15.2 Å². The van der Waals surface area contributed by atoms with E-state index in [1.807, 2.05) is 30.3 Å². The van der Waals surface area contributed by atoms with Crippen LogP contribution in [-0.4, -0.2) is 15.9 Å². The highest BCUT2D eigenvalue weighted by Gasteiger charge is 2.19. The van der Waals surface area contributed by atoms with Crippen molar-refractivity contribution >= 4 is 62.5 Å². The molecule has 0 fully saturated rings. The SMILES string of the molecule is O=C(Nc1ncc(Br)cc1Cl)c1c(Cl)cc(-c2ccccc2)nc1Cl. The molecule has 1 aromatic carbocycles. The molecule has 8 heteroatoms. The van der Waals surface area contributed by atoms with Crippen molar-refractivity contribution in [1.82, 2.24) is 9.97 Å². The van der Waals surface area contributed by atoms with E-state index in [-0.39, 0.29) is 26.6 Å². The fourth-order valence-corrected chi connectivity index (χ4v) is 3.40. The van der Waals surface area contributed by atoms with Crippen LogP contribution in [-0.2, 0) is 0 Å². The number of amides is 1. The molecule has 0 aliphatic heterocycles. The second kappa shape index (κ2) is 7.70. The van der Waals surface area contributed by atoms with E-state index in [0.717, 1.165) is 5.56 Å². The number of carbonyl (C=O) groups excluding carboxylic acids is 1. The van der Waals surface area contributed by atoms with E-state index < -0.39 is 5.91 Å². The lowest BCUT2D eigenvalue weighted by atomic mass is 10.1. The van der Waals surface area contributed by atoms with Gasteiger partial charge < -0.3 is 5.32 Å². The van der Waals surface area contributed by atoms with Crippen LogP contribution >= 0.6 is 50.7 Å². The maximum absolute atomic E-state index is 12.5. The summed E-state index contributed by atoms with van der Waals surface area (Å²) in [6.07, 6.45) is 1.52. The Balaban J connectivity index is 1.93. The van der Waals surface area contributed by atoms with Gasteiger partial charge in [-0.2, -0.15) is 0 Å². The van der Waals surface area contributed by atoms with Crippen molar-refractivity contribution in [3.63, 3.8) is 0 Å². The molecule has 25 heavy (non-hydrogen) atoms. The van der Waals surface area contributed by atoms with Crippen LogP contribution in [0.1, 0.15) is 10.4 Å². The number of pyridine rings is 2. The summed E-state index contributed by atoms with van der Waals surface area (Å²) < 4.78 is 0.695. The highest BCUT2D eigenvalue weighted by atomic mass is 79.9. The van der Waals surface area contributed by atoms with Crippen LogP contribution in [0, 0.1) is 0 Å². The van der Waals surface area contributed by atoms with Gasteiger partial charge in [0.25, 0.3) is 5.91 Å². The first-order valence-corrected chi connectivity index (χ1v) is 8.92. The van der Waals surface area contributed by atoms with Crippen molar-refractivity contribution in [3.05, 3.63) is 73.9 Å². The summed E-state index contributed by atoms with van der Waals surface area (Å²) in [6, 6.07) is 12.6. The Labute approximate surface area is 167 Å². The first-order valence-electron chi connectivity index (χ1n) is 6.99. The number of benzene rings is 1. The number of nitrogens with one attached hydrogen (secondary N) is 1. The van der Waals surface area contributed by atoms with Crippen molar-refractivity contribution < 1.29 is 4.79 Å². The molecule has 0 saturated carbocycles. The van der Waals surface area contributed by atoms with E-state index in [1.165, 1.54) is 6.20 Å². The summed E-state index contributed by atoms with van der Waals surface area (Å²) in [5.74, 6) is -0.340. The minimum absolute atomic E-state index is 0.00270. The van der Waals surface area contributed by atoms with E-state index in [1.54, 1.807) is 12.1 Å². The maximum atomic E-state index is 12.5. The lowest BCUT2D eigenvalue weighted by Gasteiger charge is -2.10. The van der Waals surface area contributed by atoms with E-state index in [2.05, 4.69) is 31.2 Å². The van der Waals surface area contributed by atoms with Crippen molar-refractivity contribution in [2.45, 2.75) is 0 Å². The molecule has 0 unspecified atom stereocenters. The van der Waals surface area contributed by atoms with Crippen LogP contribution < -0.4 is 5.32 Å². The molecule has 3 aromatic rings. The van der Waals surface area contributed by atoms with Crippen molar-refractivity contribution in [1.29, 1.82) is 0 Å². The first-order chi connectivity index (χ1) is 12.0. The first kappa shape index (κ1) is 18.1. The van der Waals surface area contributed by atoms with E-state index in [4.69, 9.17) is 34.8 Å². The Kier molecular flexibility index (Phi) is 5.59. The normalized spacial score (nSPS) is 10.6. The second-order valence-electron chi connectivity index (χ2n) is 4.96. The summed E-state index contributed by atoms with van der Waals surface area (Å²) in [4.78, 5) is 20.8. The molecule has 126 valence electrons. The lowest BCUT2D eigenvalue weighted by molar-refractivity contribution is 0.102. The Morgan fingerprint density at radius 2 is 1.76 bits per heavy atom. The molecule has 0 aliphatic rings. The van der Waals surface area contributed by atoms with Gasteiger partial charge in [-0.15, -0.1) is 0 Å². The van der Waals surface area contributed by atoms with Gasteiger partial charge in [0.2, 0.25) is 0 Å². The lowest BCUT2D eigenvalue weighted by Crippen LogP contribution is -2.15. The van der Waals surface area contributed by atoms with Crippen LogP contribution in [0.25, 0.3) is 11.3 Å². The number of halogens is 4. The maximum Gasteiger partial charge on any atom is 0.261 e. The predicted octanol–water partition coefficient (Wildman–Crippen LogP) is 6.12. The number of hydrogen-bond donors (Lipinski definition) is 1. The van der Waals surface area contributed by atoms with Gasteiger partial charge in [0.15, 0.2) is 5.82 Å². The van der Waals surface area contributed by atoms with Crippen LogP contribution in [0.3, 0.4) is 0 Å². The largest absolute Gasteiger partial charge is 0.305 e. The number of nitrogens with zero attached hydrogens (tertiary/aromatic N) is 2. The van der Waals surface area contributed by atoms with Gasteiger partial charge in [0, 0.05) is 16.2 Å². The highest BCUT2D eigenvalue weighted by Crippen LogP contribution is 2.30. The second-order valence-corrected chi connectivity index (χ2v) is 7.05. The quantitative estimate of drug-likeness (QED) is 0.482. The van der Waals surface area contributed by atoms with E-state index in [9.17, 15) is 4.79 Å². The third-order valence-corrected chi connectivity index (χ3v) is 4.56. The number of hydrogen-bond acceptors (Lipinski definition) is 3. The summed E-state index contributed by atoms with van der Waals surface area (Å²) in [5, 5.41) is 3.05. The zero-order valence-electron chi connectivity index (χ0n) is 12.4. The number of aromatic nitrogens is 2. The summed E-state index contributed by atoms with van der Waals surface area (Å²) in [7, 11) is 0. The van der Waals surface area contributed by atoms with Crippen LogP contribution in [0.5, 0.6) is 0 Å². The zero-order chi connectivity index (χ0) is 18.0. The summed E-state index contributed by atoms with van der Waals surface area (Å²) in [5.41, 5.74) is 1.48. The molecule has 1 amide bonds. The van der Waals surface area contributed by atoms with Gasteiger partial charge in [0.1, 0.15) is 5.15 Å². The molecule has 3 rings (SSSR count). The monoisotopic (exact) mass is 455 g/mol. The number of anilines is 1. The smallest absolute Gasteiger partial charge is 0.261 e. The average molecular weight is 458 g/mol. The summed E-state index contributed by atoms with van der Waals surface area (Å²) in [6.45, 7) is 0. The molecule has 0 radical (unpaired) electrons. The van der Waals surface area contributed by atoms with Gasteiger partial charge >= 0.3 is 0 Å². The highest BCUT2D eigenvalue weighted by molar-refractivity contribution is 9.10. The molecule has 1 N–H and O–H groups in total. The Morgan fingerprint density at radius 3 is 2.40 bits per heavy atom. The van der Waals surface area contributed by atoms with Gasteiger partial charge in [-0.05, 0) is 28.1 Å². The molecule has 0 bridgehead atoms. The molecular weight excluding hydrogens is 448 g/mol. The number of rotatable bonds is 3. The van der Waals surface area contributed by atoms with Crippen LogP contribution in [0.4, 0.5) is 5.82 Å². The van der Waals surface area contributed by atoms with Crippen molar-refractivity contribution in [2.75, 3.05) is 5.32 Å². The van der Waals surface area contributed by atoms with Crippen molar-refractivity contribution in [3.8, 4) is 11.3 Å². The fraction of sp³-hybridized carbons (Fsp3) is 0. The third kappa shape index (κ3) is 4.12. The zero-order valence-corrected chi connectivity index (χ0v) is 16.3. The summed E-state index contributed by atoms with van der Waals surface area (Å²) >= 11 is 21.8.